The first-order valence-electron chi connectivity index (χ1n) is 8.48. The predicted octanol–water partition coefficient (Wildman–Crippen LogP) is 1.83. The zero-order chi connectivity index (χ0) is 18.4. The number of ether oxygens (including phenoxy) is 1. The molecule has 0 saturated carbocycles. The molecule has 3 rings (SSSR count). The Balaban J connectivity index is 0.00000261. The average Bonchev–Trinajstić information content (AvgIpc) is 3.24. The molecule has 0 spiro atoms. The van der Waals surface area contributed by atoms with Crippen LogP contribution < -0.4 is 10.1 Å². The van der Waals surface area contributed by atoms with Gasteiger partial charge in [-0.1, -0.05) is 6.07 Å². The quantitative estimate of drug-likeness (QED) is 0.405. The summed E-state index contributed by atoms with van der Waals surface area (Å²) in [6.45, 7) is 3.31. The van der Waals surface area contributed by atoms with Crippen LogP contribution in [0.2, 0.25) is 0 Å². The van der Waals surface area contributed by atoms with E-state index in [4.69, 9.17) is 9.15 Å². The minimum absolute atomic E-state index is 0. The first kappa shape index (κ1) is 21.0. The van der Waals surface area contributed by atoms with Crippen molar-refractivity contribution in [1.29, 1.82) is 0 Å². The van der Waals surface area contributed by atoms with E-state index in [0.717, 1.165) is 11.5 Å². The molecule has 0 aliphatic carbocycles. The number of nitrogens with zero attached hydrogens (tertiary/aromatic N) is 4. The number of rotatable bonds is 4. The Hall–Kier alpha value is -2.30. The van der Waals surface area contributed by atoms with Crippen LogP contribution in [0, 0.1) is 0 Å². The zero-order valence-corrected chi connectivity index (χ0v) is 17.8. The zero-order valence-electron chi connectivity index (χ0n) is 15.4. The second-order valence-corrected chi connectivity index (χ2v) is 5.87. The number of aliphatic imine (C=N–C) groups is 1. The first-order chi connectivity index (χ1) is 12.7. The number of guanidine groups is 1. The fourth-order valence-corrected chi connectivity index (χ4v) is 2.83. The first-order valence-corrected chi connectivity index (χ1v) is 8.48. The molecule has 1 aliphatic rings. The van der Waals surface area contributed by atoms with Crippen molar-refractivity contribution < 1.29 is 13.9 Å². The van der Waals surface area contributed by atoms with Gasteiger partial charge < -0.3 is 24.3 Å². The fourth-order valence-electron chi connectivity index (χ4n) is 2.83. The third-order valence-electron chi connectivity index (χ3n) is 4.27. The highest BCUT2D eigenvalue weighted by atomic mass is 127. The van der Waals surface area contributed by atoms with Crippen molar-refractivity contribution >= 4 is 35.8 Å². The topological polar surface area (TPSA) is 83.2 Å². The number of furan rings is 1. The molecule has 1 N–H and O–H groups in total. The van der Waals surface area contributed by atoms with E-state index in [1.807, 2.05) is 12.1 Å². The Bertz CT molecular complexity index is 741. The van der Waals surface area contributed by atoms with Gasteiger partial charge in [-0.3, -0.25) is 9.79 Å². The number of pyridine rings is 1. The Morgan fingerprint density at radius 1 is 1.26 bits per heavy atom. The van der Waals surface area contributed by atoms with Crippen LogP contribution in [-0.4, -0.2) is 67.0 Å². The van der Waals surface area contributed by atoms with E-state index in [1.54, 1.807) is 37.4 Å². The maximum absolute atomic E-state index is 12.3. The van der Waals surface area contributed by atoms with Gasteiger partial charge in [0.2, 0.25) is 5.88 Å². The Kier molecular flexibility index (Phi) is 7.89. The van der Waals surface area contributed by atoms with Crippen LogP contribution >= 0.6 is 24.0 Å². The van der Waals surface area contributed by atoms with E-state index >= 15 is 0 Å². The van der Waals surface area contributed by atoms with Gasteiger partial charge in [0.1, 0.15) is 0 Å². The van der Waals surface area contributed by atoms with Gasteiger partial charge in [-0.25, -0.2) is 4.98 Å². The number of aromatic nitrogens is 1. The molecule has 0 radical (unpaired) electrons. The molecule has 9 heteroatoms. The normalized spacial score (nSPS) is 14.5. The number of carbonyl (C=O) groups excluding carboxylic acids is 1. The second kappa shape index (κ2) is 10.1. The molecule has 0 aromatic carbocycles. The van der Waals surface area contributed by atoms with Crippen molar-refractivity contribution in [2.75, 3.05) is 40.3 Å². The van der Waals surface area contributed by atoms with Gasteiger partial charge in [-0.2, -0.15) is 0 Å². The van der Waals surface area contributed by atoms with E-state index in [9.17, 15) is 4.79 Å². The molecule has 1 amide bonds. The summed E-state index contributed by atoms with van der Waals surface area (Å²) in [5.41, 5.74) is 1.04. The van der Waals surface area contributed by atoms with Crippen molar-refractivity contribution in [1.82, 2.24) is 20.1 Å². The molecular weight excluding hydrogens is 461 g/mol. The molecule has 27 heavy (non-hydrogen) atoms. The maximum atomic E-state index is 12.3. The summed E-state index contributed by atoms with van der Waals surface area (Å²) in [5.74, 6) is 1.72. The van der Waals surface area contributed by atoms with E-state index < -0.39 is 0 Å². The van der Waals surface area contributed by atoms with Gasteiger partial charge in [0, 0.05) is 52.0 Å². The number of nitrogens with one attached hydrogen (secondary N) is 1. The molecule has 1 saturated heterocycles. The summed E-state index contributed by atoms with van der Waals surface area (Å²) in [4.78, 5) is 24.8. The van der Waals surface area contributed by atoms with E-state index in [1.165, 1.54) is 6.26 Å². The van der Waals surface area contributed by atoms with E-state index in [0.29, 0.717) is 44.4 Å². The van der Waals surface area contributed by atoms with Gasteiger partial charge in [-0.15, -0.1) is 24.0 Å². The number of halogens is 1. The minimum atomic E-state index is -0.0677. The lowest BCUT2D eigenvalue weighted by Crippen LogP contribution is -2.53. The molecule has 2 aromatic heterocycles. The predicted molar refractivity (Wildman–Crippen MR) is 113 cm³/mol. The maximum Gasteiger partial charge on any atom is 0.289 e. The van der Waals surface area contributed by atoms with Gasteiger partial charge in [0.15, 0.2) is 11.7 Å². The standard InChI is InChI=1S/C18H23N5O3.HI/c1-19-18(21-13-14-5-6-16(25-2)20-12-14)23-9-7-22(8-10-23)17(24)15-4-3-11-26-15;/h3-6,11-12H,7-10,13H2,1-2H3,(H,19,21);1H. The van der Waals surface area contributed by atoms with E-state index in [-0.39, 0.29) is 29.9 Å². The largest absolute Gasteiger partial charge is 0.481 e. The monoisotopic (exact) mass is 485 g/mol. The van der Waals surface area contributed by atoms with Crippen LogP contribution in [0.4, 0.5) is 0 Å². The lowest BCUT2D eigenvalue weighted by molar-refractivity contribution is 0.0657. The van der Waals surface area contributed by atoms with Crippen molar-refractivity contribution in [3.63, 3.8) is 0 Å². The third kappa shape index (κ3) is 5.34. The summed E-state index contributed by atoms with van der Waals surface area (Å²) in [5, 5.41) is 3.34. The lowest BCUT2D eigenvalue weighted by Gasteiger charge is -2.36. The van der Waals surface area contributed by atoms with Crippen molar-refractivity contribution in [2.45, 2.75) is 6.54 Å². The molecule has 146 valence electrons. The molecule has 0 atom stereocenters. The molecule has 1 fully saturated rings. The summed E-state index contributed by atoms with van der Waals surface area (Å²) < 4.78 is 10.3. The molecule has 0 bridgehead atoms. The van der Waals surface area contributed by atoms with Crippen molar-refractivity contribution in [2.24, 2.45) is 4.99 Å². The smallest absolute Gasteiger partial charge is 0.289 e. The molecule has 2 aromatic rings. The summed E-state index contributed by atoms with van der Waals surface area (Å²) >= 11 is 0. The fraction of sp³-hybridized carbons (Fsp3) is 0.389. The summed E-state index contributed by atoms with van der Waals surface area (Å²) in [6, 6.07) is 7.21. The molecular formula is C18H24IN5O3. The van der Waals surface area contributed by atoms with Crippen LogP contribution in [0.5, 0.6) is 5.88 Å². The van der Waals surface area contributed by atoms with Crippen LogP contribution in [-0.2, 0) is 6.54 Å². The van der Waals surface area contributed by atoms with Crippen LogP contribution in [0.15, 0.2) is 46.1 Å². The Morgan fingerprint density at radius 2 is 2.00 bits per heavy atom. The van der Waals surface area contributed by atoms with Crippen molar-refractivity contribution in [3.8, 4) is 5.88 Å². The summed E-state index contributed by atoms with van der Waals surface area (Å²) in [7, 11) is 3.35. The van der Waals surface area contributed by atoms with Gasteiger partial charge in [0.25, 0.3) is 5.91 Å². The highest BCUT2D eigenvalue weighted by Crippen LogP contribution is 2.10. The molecule has 3 heterocycles. The third-order valence-corrected chi connectivity index (χ3v) is 4.27. The van der Waals surface area contributed by atoms with Crippen LogP contribution in [0.3, 0.4) is 0 Å². The number of methoxy groups -OCH3 is 1. The number of carbonyl (C=O) groups is 1. The SMILES string of the molecule is CN=C(NCc1ccc(OC)nc1)N1CCN(C(=O)c2ccco2)CC1.I. The molecule has 8 nitrogen and oxygen atoms in total. The van der Waals surface area contributed by atoms with Gasteiger partial charge >= 0.3 is 0 Å². The molecule has 0 unspecified atom stereocenters. The van der Waals surface area contributed by atoms with Gasteiger partial charge in [0.05, 0.1) is 13.4 Å². The Morgan fingerprint density at radius 3 is 2.56 bits per heavy atom. The highest BCUT2D eigenvalue weighted by Gasteiger charge is 2.25. The second-order valence-electron chi connectivity index (χ2n) is 5.87. The van der Waals surface area contributed by atoms with Crippen molar-refractivity contribution in [3.05, 3.63) is 48.0 Å². The number of piperazine rings is 1. The van der Waals surface area contributed by atoms with Gasteiger partial charge in [-0.05, 0) is 17.7 Å². The number of hydrogen-bond donors (Lipinski definition) is 1. The average molecular weight is 485 g/mol. The number of amides is 1. The Labute approximate surface area is 175 Å². The van der Waals surface area contributed by atoms with Crippen LogP contribution in [0.1, 0.15) is 16.1 Å². The number of hydrogen-bond acceptors (Lipinski definition) is 5. The van der Waals surface area contributed by atoms with Crippen LogP contribution in [0.25, 0.3) is 0 Å². The van der Waals surface area contributed by atoms with E-state index in [2.05, 4.69) is 20.2 Å². The minimum Gasteiger partial charge on any atom is -0.481 e. The summed E-state index contributed by atoms with van der Waals surface area (Å²) in [6.07, 6.45) is 3.29. The molecule has 1 aliphatic heterocycles. The highest BCUT2D eigenvalue weighted by molar-refractivity contribution is 14.0. The lowest BCUT2D eigenvalue weighted by atomic mass is 10.2.